The standard InChI is InChI=1S/C20H33N5OS/c1-5-16(2)14-25-15-17(27-20-21-7-10-23(20)4)13-18(25)19(26)24-9-6-8-22(3)11-12-24/h5,7,10,17-18H,6,8-9,11-15H2,1-4H3/b16-5+/t17-,18+/m1/s1. The third-order valence-electron chi connectivity index (χ3n) is 5.68. The normalized spacial score (nSPS) is 25.8. The molecule has 1 amide bonds. The predicted octanol–water partition coefficient (Wildman–Crippen LogP) is 2.09. The Bertz CT molecular complexity index is 673. The summed E-state index contributed by atoms with van der Waals surface area (Å²) in [6, 6.07) is -0.0129. The van der Waals surface area contributed by atoms with E-state index in [2.05, 4.69) is 51.2 Å². The second kappa shape index (κ2) is 9.26. The lowest BCUT2D eigenvalue weighted by atomic mass is 10.1. The van der Waals surface area contributed by atoms with Crippen LogP contribution in [-0.2, 0) is 11.8 Å². The number of rotatable bonds is 5. The van der Waals surface area contributed by atoms with E-state index >= 15 is 0 Å². The summed E-state index contributed by atoms with van der Waals surface area (Å²) < 4.78 is 2.06. The Morgan fingerprint density at radius 3 is 2.81 bits per heavy atom. The van der Waals surface area contributed by atoms with Crippen LogP contribution in [0.25, 0.3) is 0 Å². The zero-order chi connectivity index (χ0) is 19.4. The Balaban J connectivity index is 1.71. The number of hydrogen-bond acceptors (Lipinski definition) is 5. The highest BCUT2D eigenvalue weighted by atomic mass is 32.2. The fourth-order valence-corrected chi connectivity index (χ4v) is 5.07. The van der Waals surface area contributed by atoms with Crippen LogP contribution in [0.4, 0.5) is 0 Å². The fraction of sp³-hybridized carbons (Fsp3) is 0.700. The molecule has 27 heavy (non-hydrogen) atoms. The number of carbonyl (C=O) groups excluding carboxylic acids is 1. The highest BCUT2D eigenvalue weighted by Crippen LogP contribution is 2.33. The van der Waals surface area contributed by atoms with E-state index in [1.807, 2.05) is 19.4 Å². The number of amides is 1. The van der Waals surface area contributed by atoms with Gasteiger partial charge in [0.2, 0.25) is 5.91 Å². The van der Waals surface area contributed by atoms with E-state index in [0.717, 1.165) is 57.3 Å². The molecule has 2 aliphatic rings. The van der Waals surface area contributed by atoms with Gasteiger partial charge in [-0.2, -0.15) is 0 Å². The average Bonchev–Trinajstić information content (AvgIpc) is 3.16. The lowest BCUT2D eigenvalue weighted by Crippen LogP contribution is -2.47. The van der Waals surface area contributed by atoms with E-state index in [-0.39, 0.29) is 6.04 Å². The third-order valence-corrected chi connectivity index (χ3v) is 6.95. The molecule has 2 aliphatic heterocycles. The molecule has 0 aromatic carbocycles. The van der Waals surface area contributed by atoms with Crippen molar-refractivity contribution in [2.75, 3.05) is 46.3 Å². The number of imidazole rings is 1. The number of allylic oxidation sites excluding steroid dienone is 1. The minimum Gasteiger partial charge on any atom is -0.340 e. The van der Waals surface area contributed by atoms with Crippen LogP contribution in [0.2, 0.25) is 0 Å². The third kappa shape index (κ3) is 5.15. The predicted molar refractivity (Wildman–Crippen MR) is 111 cm³/mol. The fourth-order valence-electron chi connectivity index (χ4n) is 3.88. The van der Waals surface area contributed by atoms with Crippen molar-refractivity contribution >= 4 is 17.7 Å². The Hall–Kier alpha value is -1.31. The molecule has 2 fully saturated rings. The molecule has 0 saturated carbocycles. The van der Waals surface area contributed by atoms with Gasteiger partial charge in [-0.15, -0.1) is 0 Å². The Morgan fingerprint density at radius 2 is 2.11 bits per heavy atom. The van der Waals surface area contributed by atoms with Gasteiger partial charge in [0.1, 0.15) is 0 Å². The lowest BCUT2D eigenvalue weighted by Gasteiger charge is -2.29. The molecule has 0 aliphatic carbocycles. The smallest absolute Gasteiger partial charge is 0.240 e. The first kappa shape index (κ1) is 20.4. The molecule has 150 valence electrons. The maximum Gasteiger partial charge on any atom is 0.240 e. The summed E-state index contributed by atoms with van der Waals surface area (Å²) in [5, 5.41) is 1.44. The van der Waals surface area contributed by atoms with Gasteiger partial charge in [0.25, 0.3) is 0 Å². The zero-order valence-electron chi connectivity index (χ0n) is 17.1. The average molecular weight is 392 g/mol. The Labute approximate surface area is 167 Å². The van der Waals surface area contributed by atoms with Gasteiger partial charge < -0.3 is 14.4 Å². The van der Waals surface area contributed by atoms with E-state index < -0.39 is 0 Å². The first-order chi connectivity index (χ1) is 13.0. The largest absolute Gasteiger partial charge is 0.340 e. The molecule has 0 spiro atoms. The van der Waals surface area contributed by atoms with Crippen molar-refractivity contribution in [2.24, 2.45) is 7.05 Å². The molecule has 2 atom stereocenters. The van der Waals surface area contributed by atoms with E-state index in [9.17, 15) is 4.79 Å². The molecule has 3 rings (SSSR count). The number of aromatic nitrogens is 2. The van der Waals surface area contributed by atoms with Crippen molar-refractivity contribution in [1.82, 2.24) is 24.3 Å². The van der Waals surface area contributed by atoms with E-state index in [1.165, 1.54) is 5.57 Å². The molecule has 0 unspecified atom stereocenters. The lowest BCUT2D eigenvalue weighted by molar-refractivity contribution is -0.135. The summed E-state index contributed by atoms with van der Waals surface area (Å²) in [6.45, 7) is 9.82. The van der Waals surface area contributed by atoms with Crippen LogP contribution in [-0.4, -0.2) is 87.8 Å². The molecule has 0 bridgehead atoms. The minimum atomic E-state index is -0.0129. The van der Waals surface area contributed by atoms with Crippen LogP contribution < -0.4 is 0 Å². The number of likely N-dealkylation sites (N-methyl/N-ethyl adjacent to an activating group) is 1. The van der Waals surface area contributed by atoms with Crippen molar-refractivity contribution < 1.29 is 4.79 Å². The second-order valence-corrected chi connectivity index (χ2v) is 9.13. The van der Waals surface area contributed by atoms with Crippen LogP contribution in [0, 0.1) is 0 Å². The highest BCUT2D eigenvalue weighted by molar-refractivity contribution is 7.99. The number of thioether (sulfide) groups is 1. The van der Waals surface area contributed by atoms with E-state index in [1.54, 1.807) is 11.8 Å². The summed E-state index contributed by atoms with van der Waals surface area (Å²) in [6.07, 6.45) is 7.94. The molecule has 3 heterocycles. The summed E-state index contributed by atoms with van der Waals surface area (Å²) in [5.74, 6) is 0.317. The van der Waals surface area contributed by atoms with Gasteiger partial charge in [0.05, 0.1) is 6.04 Å². The highest BCUT2D eigenvalue weighted by Gasteiger charge is 2.39. The molecule has 6 nitrogen and oxygen atoms in total. The minimum absolute atomic E-state index is 0.0129. The van der Waals surface area contributed by atoms with E-state index in [4.69, 9.17) is 0 Å². The monoisotopic (exact) mass is 391 g/mol. The zero-order valence-corrected chi connectivity index (χ0v) is 17.9. The van der Waals surface area contributed by atoms with Crippen LogP contribution in [0.3, 0.4) is 0 Å². The van der Waals surface area contributed by atoms with Crippen molar-refractivity contribution in [3.05, 3.63) is 24.0 Å². The molecule has 1 aromatic rings. The number of hydrogen-bond donors (Lipinski definition) is 0. The van der Waals surface area contributed by atoms with Crippen molar-refractivity contribution in [2.45, 2.75) is 43.1 Å². The second-order valence-electron chi connectivity index (χ2n) is 7.86. The molecule has 7 heteroatoms. The van der Waals surface area contributed by atoms with Crippen LogP contribution in [0.1, 0.15) is 26.7 Å². The van der Waals surface area contributed by atoms with Crippen LogP contribution >= 0.6 is 11.8 Å². The summed E-state index contributed by atoms with van der Waals surface area (Å²) in [7, 11) is 4.17. The quantitative estimate of drug-likeness (QED) is 0.719. The maximum absolute atomic E-state index is 13.4. The van der Waals surface area contributed by atoms with Gasteiger partial charge in [-0.3, -0.25) is 9.69 Å². The van der Waals surface area contributed by atoms with Crippen molar-refractivity contribution in [3.8, 4) is 0 Å². The number of nitrogens with zero attached hydrogens (tertiary/aromatic N) is 5. The topological polar surface area (TPSA) is 44.6 Å². The number of aryl methyl sites for hydroxylation is 1. The van der Waals surface area contributed by atoms with Crippen molar-refractivity contribution in [3.63, 3.8) is 0 Å². The Morgan fingerprint density at radius 1 is 1.30 bits per heavy atom. The van der Waals surface area contributed by atoms with Gasteiger partial charge in [-0.25, -0.2) is 4.98 Å². The van der Waals surface area contributed by atoms with Crippen LogP contribution in [0.5, 0.6) is 0 Å². The SMILES string of the molecule is C/C=C(\C)CN1C[C@H](Sc2nccn2C)C[C@H]1C(=O)N1CCCN(C)CC1. The first-order valence-electron chi connectivity index (χ1n) is 9.95. The summed E-state index contributed by atoms with van der Waals surface area (Å²) in [4.78, 5) is 24.6. The van der Waals surface area contributed by atoms with E-state index in [0.29, 0.717) is 11.2 Å². The molecule has 0 radical (unpaired) electrons. The van der Waals surface area contributed by atoms with Gasteiger partial charge in [-0.1, -0.05) is 23.4 Å². The molecule has 2 saturated heterocycles. The molecular formula is C20H33N5OS. The number of carbonyl (C=O) groups is 1. The van der Waals surface area contributed by atoms with Gasteiger partial charge in [0.15, 0.2) is 5.16 Å². The summed E-state index contributed by atoms with van der Waals surface area (Å²) in [5.41, 5.74) is 1.33. The maximum atomic E-state index is 13.4. The molecule has 1 aromatic heterocycles. The van der Waals surface area contributed by atoms with Crippen molar-refractivity contribution in [1.29, 1.82) is 0 Å². The summed E-state index contributed by atoms with van der Waals surface area (Å²) >= 11 is 1.81. The first-order valence-corrected chi connectivity index (χ1v) is 10.8. The molecular weight excluding hydrogens is 358 g/mol. The number of likely N-dealkylation sites (tertiary alicyclic amines) is 1. The van der Waals surface area contributed by atoms with Gasteiger partial charge >= 0.3 is 0 Å². The van der Waals surface area contributed by atoms with Gasteiger partial charge in [-0.05, 0) is 40.3 Å². The van der Waals surface area contributed by atoms with Gasteiger partial charge in [0, 0.05) is 57.4 Å². The molecule has 0 N–H and O–H groups in total. The van der Waals surface area contributed by atoms with Crippen LogP contribution in [0.15, 0.2) is 29.2 Å². The Kier molecular flexibility index (Phi) is 7.00.